The molecule has 0 saturated carbocycles. The first-order valence-electron chi connectivity index (χ1n) is 4.01. The largest absolute Gasteiger partial charge is 0.353 e. The Morgan fingerprint density at radius 1 is 1.31 bits per heavy atom. The Labute approximate surface area is 80.5 Å². The molecule has 0 aromatic carbocycles. The molecule has 0 aromatic heterocycles. The van der Waals surface area contributed by atoms with Gasteiger partial charge in [0.2, 0.25) is 0 Å². The van der Waals surface area contributed by atoms with Crippen molar-refractivity contribution >= 4 is 18.5 Å². The standard InChI is InChI=1S/C6H9O5PS/c1-7-6-5-4-3(2-8-6)9-12(13,10-4)11-5/h3-6H,2H2,1H3/t3-,4-,5-,6-,12?/m1/s1. The molecular formula is C6H9O5PS. The van der Waals surface area contributed by atoms with E-state index in [1.54, 1.807) is 7.11 Å². The van der Waals surface area contributed by atoms with Crippen LogP contribution >= 0.6 is 6.72 Å². The molecule has 0 spiro atoms. The van der Waals surface area contributed by atoms with Crippen molar-refractivity contribution in [1.29, 1.82) is 0 Å². The van der Waals surface area contributed by atoms with E-state index in [0.29, 0.717) is 6.61 Å². The number of hydrogen-bond donors (Lipinski definition) is 0. The van der Waals surface area contributed by atoms with E-state index in [2.05, 4.69) is 0 Å². The second-order valence-corrected chi connectivity index (χ2v) is 6.04. The van der Waals surface area contributed by atoms with Gasteiger partial charge in [0.05, 0.1) is 6.61 Å². The zero-order valence-electron chi connectivity index (χ0n) is 6.91. The number of fused-ring (bicyclic) bond motifs is 1. The summed E-state index contributed by atoms with van der Waals surface area (Å²) >= 11 is 5.10. The van der Waals surface area contributed by atoms with E-state index in [0.717, 1.165) is 0 Å². The van der Waals surface area contributed by atoms with Gasteiger partial charge >= 0.3 is 6.72 Å². The lowest BCUT2D eigenvalue weighted by atomic mass is 10.1. The van der Waals surface area contributed by atoms with Crippen LogP contribution in [0.1, 0.15) is 0 Å². The van der Waals surface area contributed by atoms with Crippen molar-refractivity contribution in [2.24, 2.45) is 0 Å². The maximum atomic E-state index is 5.48. The number of hydrogen-bond acceptors (Lipinski definition) is 6. The van der Waals surface area contributed by atoms with E-state index in [1.807, 2.05) is 0 Å². The minimum absolute atomic E-state index is 0.0593. The van der Waals surface area contributed by atoms with Gasteiger partial charge in [-0.05, 0) is 11.8 Å². The monoisotopic (exact) mass is 224 g/mol. The highest BCUT2D eigenvalue weighted by atomic mass is 32.5. The minimum atomic E-state index is -2.43. The normalized spacial score (nSPS) is 58.5. The van der Waals surface area contributed by atoms with Crippen molar-refractivity contribution in [1.82, 2.24) is 0 Å². The lowest BCUT2D eigenvalue weighted by Crippen LogP contribution is -2.52. The molecule has 74 valence electrons. The molecule has 13 heavy (non-hydrogen) atoms. The third kappa shape index (κ3) is 1.15. The fraction of sp³-hybridized carbons (Fsp3) is 1.00. The average molecular weight is 224 g/mol. The topological polar surface area (TPSA) is 46.2 Å². The van der Waals surface area contributed by atoms with Crippen molar-refractivity contribution in [3.05, 3.63) is 0 Å². The zero-order valence-corrected chi connectivity index (χ0v) is 8.62. The van der Waals surface area contributed by atoms with Gasteiger partial charge in [-0.15, -0.1) is 0 Å². The first kappa shape index (κ1) is 8.73. The summed E-state index contributed by atoms with van der Waals surface area (Å²) in [6.07, 6.45) is -0.723. The van der Waals surface area contributed by atoms with Crippen molar-refractivity contribution in [2.45, 2.75) is 24.6 Å². The fourth-order valence-electron chi connectivity index (χ4n) is 1.81. The van der Waals surface area contributed by atoms with E-state index >= 15 is 0 Å². The van der Waals surface area contributed by atoms with Gasteiger partial charge in [0.15, 0.2) is 6.29 Å². The molecule has 3 heterocycles. The molecule has 3 aliphatic heterocycles. The molecule has 2 bridgehead atoms. The van der Waals surface area contributed by atoms with Gasteiger partial charge in [0, 0.05) is 7.11 Å². The van der Waals surface area contributed by atoms with Crippen LogP contribution in [0.4, 0.5) is 0 Å². The Kier molecular flexibility index (Phi) is 1.83. The third-order valence-corrected chi connectivity index (χ3v) is 4.69. The molecule has 0 N–H and O–H groups in total. The Bertz CT molecular complexity index is 284. The molecule has 7 heteroatoms. The molecule has 5 nitrogen and oxygen atoms in total. The summed E-state index contributed by atoms with van der Waals surface area (Å²) in [6.45, 7) is -1.96. The lowest BCUT2D eigenvalue weighted by Gasteiger charge is -2.36. The number of methoxy groups -OCH3 is 1. The molecule has 0 aliphatic carbocycles. The smallest absolute Gasteiger partial charge is 0.328 e. The summed E-state index contributed by atoms with van der Waals surface area (Å²) < 4.78 is 26.8. The Morgan fingerprint density at radius 3 is 2.77 bits per heavy atom. The van der Waals surface area contributed by atoms with Gasteiger partial charge in [-0.1, -0.05) is 0 Å². The SMILES string of the molecule is CO[C@@H]1OC[C@H]2OP3(=S)O[C@@H]1[C@@H]2O3. The highest BCUT2D eigenvalue weighted by Gasteiger charge is 2.60. The first-order valence-corrected chi connectivity index (χ1v) is 6.57. The van der Waals surface area contributed by atoms with E-state index in [1.165, 1.54) is 0 Å². The van der Waals surface area contributed by atoms with Gasteiger partial charge in [-0.3, -0.25) is 13.6 Å². The van der Waals surface area contributed by atoms with E-state index in [-0.39, 0.29) is 24.6 Å². The van der Waals surface area contributed by atoms with E-state index in [4.69, 9.17) is 34.9 Å². The van der Waals surface area contributed by atoms with Gasteiger partial charge in [0.1, 0.15) is 18.3 Å². The minimum Gasteiger partial charge on any atom is -0.353 e. The fourth-order valence-corrected chi connectivity index (χ4v) is 4.48. The van der Waals surface area contributed by atoms with Gasteiger partial charge in [-0.25, -0.2) is 0 Å². The van der Waals surface area contributed by atoms with Crippen LogP contribution in [-0.2, 0) is 34.9 Å². The summed E-state index contributed by atoms with van der Waals surface area (Å²) in [7, 11) is 1.58. The maximum absolute atomic E-state index is 5.48. The quantitative estimate of drug-likeness (QED) is 0.601. The molecule has 3 aliphatic rings. The van der Waals surface area contributed by atoms with Crippen LogP contribution < -0.4 is 0 Å². The van der Waals surface area contributed by atoms with Crippen LogP contribution in [0, 0.1) is 0 Å². The van der Waals surface area contributed by atoms with Crippen molar-refractivity contribution in [3.8, 4) is 0 Å². The van der Waals surface area contributed by atoms with Crippen molar-refractivity contribution < 1.29 is 23.0 Å². The van der Waals surface area contributed by atoms with Crippen LogP contribution in [0.15, 0.2) is 0 Å². The van der Waals surface area contributed by atoms with Crippen molar-refractivity contribution in [3.63, 3.8) is 0 Å². The van der Waals surface area contributed by atoms with Gasteiger partial charge in [0.25, 0.3) is 0 Å². The van der Waals surface area contributed by atoms with Gasteiger partial charge in [-0.2, -0.15) is 0 Å². The summed E-state index contributed by atoms with van der Waals surface area (Å²) in [5.41, 5.74) is 0. The molecule has 3 saturated heterocycles. The lowest BCUT2D eigenvalue weighted by molar-refractivity contribution is -0.233. The molecule has 3 rings (SSSR count). The summed E-state index contributed by atoms with van der Waals surface area (Å²) in [5, 5.41) is 0. The molecule has 1 unspecified atom stereocenters. The molecule has 5 atom stereocenters. The highest BCUT2D eigenvalue weighted by molar-refractivity contribution is 8.07. The van der Waals surface area contributed by atoms with Crippen LogP contribution in [0.5, 0.6) is 0 Å². The molecule has 0 amide bonds. The predicted molar refractivity (Wildman–Crippen MR) is 45.7 cm³/mol. The Balaban J connectivity index is 1.91. The molecular weight excluding hydrogens is 215 g/mol. The molecule has 0 aromatic rings. The van der Waals surface area contributed by atoms with Gasteiger partial charge < -0.3 is 9.47 Å². The van der Waals surface area contributed by atoms with E-state index < -0.39 is 6.72 Å². The van der Waals surface area contributed by atoms with Crippen LogP contribution in [0.2, 0.25) is 0 Å². The predicted octanol–water partition coefficient (Wildman–Crippen LogP) is 0.396. The molecule has 3 fully saturated rings. The molecule has 0 radical (unpaired) electrons. The number of rotatable bonds is 1. The van der Waals surface area contributed by atoms with Crippen LogP contribution in [0.3, 0.4) is 0 Å². The van der Waals surface area contributed by atoms with E-state index in [9.17, 15) is 0 Å². The summed E-state index contributed by atoms with van der Waals surface area (Å²) in [5.74, 6) is 0. The van der Waals surface area contributed by atoms with Crippen LogP contribution in [0.25, 0.3) is 0 Å². The highest BCUT2D eigenvalue weighted by Crippen LogP contribution is 2.66. The maximum Gasteiger partial charge on any atom is 0.328 e. The first-order chi connectivity index (χ1) is 6.22. The third-order valence-electron chi connectivity index (χ3n) is 2.38. The van der Waals surface area contributed by atoms with Crippen LogP contribution in [-0.4, -0.2) is 38.3 Å². The number of ether oxygens (including phenoxy) is 2. The summed E-state index contributed by atoms with van der Waals surface area (Å²) in [6, 6.07) is 0. The second kappa shape index (κ2) is 2.73. The average Bonchev–Trinajstić information content (AvgIpc) is 2.57. The summed E-state index contributed by atoms with van der Waals surface area (Å²) in [4.78, 5) is 0. The second-order valence-electron chi connectivity index (χ2n) is 3.17. The van der Waals surface area contributed by atoms with Crippen molar-refractivity contribution in [2.75, 3.05) is 13.7 Å². The Hall–Kier alpha value is 0.450. The zero-order chi connectivity index (χ0) is 9.05. The Morgan fingerprint density at radius 2 is 2.08 bits per heavy atom.